The highest BCUT2D eigenvalue weighted by Crippen LogP contribution is 2.37. The second-order valence-electron chi connectivity index (χ2n) is 7.10. The number of methoxy groups -OCH3 is 2. The molecule has 0 bridgehead atoms. The van der Waals surface area contributed by atoms with Gasteiger partial charge in [0.2, 0.25) is 0 Å². The standard InChI is InChI=1S/C21H25N3O5/c1-13(2)24-18-16(7-6-10-22-18)29-21(3,20(24)26)19(25)23-12-14-8-9-15(27-4)17(11-14)28-5/h6-11,13H,12H2,1-5H3,(H,23,25)/t21-/m1/s1. The minimum Gasteiger partial charge on any atom is -0.493 e. The first kappa shape index (κ1) is 20.4. The summed E-state index contributed by atoms with van der Waals surface area (Å²) in [5.74, 6) is 0.974. The summed E-state index contributed by atoms with van der Waals surface area (Å²) in [6.07, 6.45) is 1.59. The number of hydrogen-bond donors (Lipinski definition) is 1. The molecular formula is C21H25N3O5. The van der Waals surface area contributed by atoms with Crippen LogP contribution in [0.3, 0.4) is 0 Å². The Hall–Kier alpha value is -3.29. The van der Waals surface area contributed by atoms with Crippen LogP contribution in [-0.4, -0.2) is 42.7 Å². The van der Waals surface area contributed by atoms with Gasteiger partial charge in [-0.2, -0.15) is 0 Å². The van der Waals surface area contributed by atoms with Crippen LogP contribution in [0.2, 0.25) is 0 Å². The monoisotopic (exact) mass is 399 g/mol. The summed E-state index contributed by atoms with van der Waals surface area (Å²) in [4.78, 5) is 31.9. The Kier molecular flexibility index (Phi) is 5.63. The molecule has 1 aliphatic heterocycles. The second kappa shape index (κ2) is 7.98. The van der Waals surface area contributed by atoms with Crippen molar-refractivity contribution in [2.24, 2.45) is 0 Å². The summed E-state index contributed by atoms with van der Waals surface area (Å²) in [7, 11) is 3.10. The smallest absolute Gasteiger partial charge is 0.282 e. The molecule has 0 unspecified atom stereocenters. The molecule has 1 aliphatic rings. The van der Waals surface area contributed by atoms with Crippen LogP contribution in [-0.2, 0) is 16.1 Å². The number of nitrogens with zero attached hydrogens (tertiary/aromatic N) is 2. The number of ether oxygens (including phenoxy) is 3. The third kappa shape index (κ3) is 3.70. The fraction of sp³-hybridized carbons (Fsp3) is 0.381. The van der Waals surface area contributed by atoms with Gasteiger partial charge in [-0.3, -0.25) is 14.5 Å². The Labute approximate surface area is 169 Å². The molecule has 8 nitrogen and oxygen atoms in total. The van der Waals surface area contributed by atoms with Gasteiger partial charge in [-0.05, 0) is 50.6 Å². The SMILES string of the molecule is COc1ccc(CNC(=O)[C@@]2(C)Oc3cccnc3N(C(C)C)C2=O)cc1OC. The molecule has 0 saturated heterocycles. The van der Waals surface area contributed by atoms with Crippen molar-refractivity contribution in [2.75, 3.05) is 19.1 Å². The molecule has 2 heterocycles. The number of fused-ring (bicyclic) bond motifs is 1. The first-order valence-electron chi connectivity index (χ1n) is 9.28. The summed E-state index contributed by atoms with van der Waals surface area (Å²) >= 11 is 0. The second-order valence-corrected chi connectivity index (χ2v) is 7.10. The van der Waals surface area contributed by atoms with Crippen LogP contribution >= 0.6 is 0 Å². The maximum absolute atomic E-state index is 13.2. The quantitative estimate of drug-likeness (QED) is 0.750. The van der Waals surface area contributed by atoms with E-state index in [4.69, 9.17) is 14.2 Å². The van der Waals surface area contributed by atoms with Crippen molar-refractivity contribution in [1.82, 2.24) is 10.3 Å². The molecule has 0 aliphatic carbocycles. The van der Waals surface area contributed by atoms with Gasteiger partial charge in [-0.1, -0.05) is 6.07 Å². The maximum atomic E-state index is 13.2. The zero-order valence-corrected chi connectivity index (χ0v) is 17.2. The van der Waals surface area contributed by atoms with Crippen LogP contribution in [0.5, 0.6) is 17.2 Å². The highest BCUT2D eigenvalue weighted by atomic mass is 16.5. The van der Waals surface area contributed by atoms with E-state index in [-0.39, 0.29) is 12.6 Å². The fourth-order valence-electron chi connectivity index (χ4n) is 3.20. The molecule has 154 valence electrons. The van der Waals surface area contributed by atoms with E-state index in [1.54, 1.807) is 44.7 Å². The van der Waals surface area contributed by atoms with E-state index in [0.29, 0.717) is 23.1 Å². The van der Waals surface area contributed by atoms with Gasteiger partial charge in [-0.15, -0.1) is 0 Å². The van der Waals surface area contributed by atoms with Gasteiger partial charge in [0.1, 0.15) is 0 Å². The maximum Gasteiger partial charge on any atom is 0.282 e. The van der Waals surface area contributed by atoms with E-state index < -0.39 is 17.4 Å². The predicted octanol–water partition coefficient (Wildman–Crippen LogP) is 2.31. The van der Waals surface area contributed by atoms with Crippen molar-refractivity contribution in [2.45, 2.75) is 39.0 Å². The molecule has 29 heavy (non-hydrogen) atoms. The van der Waals surface area contributed by atoms with Gasteiger partial charge >= 0.3 is 0 Å². The first-order chi connectivity index (χ1) is 13.8. The number of rotatable bonds is 6. The van der Waals surface area contributed by atoms with E-state index in [9.17, 15) is 9.59 Å². The molecule has 0 fully saturated rings. The lowest BCUT2D eigenvalue weighted by Gasteiger charge is -2.40. The number of aromatic nitrogens is 1. The van der Waals surface area contributed by atoms with Crippen LogP contribution in [0.1, 0.15) is 26.3 Å². The summed E-state index contributed by atoms with van der Waals surface area (Å²) in [6.45, 7) is 5.41. The molecule has 1 aromatic carbocycles. The number of pyridine rings is 1. The fourth-order valence-corrected chi connectivity index (χ4v) is 3.20. The third-order valence-electron chi connectivity index (χ3n) is 4.77. The third-order valence-corrected chi connectivity index (χ3v) is 4.77. The Balaban J connectivity index is 1.82. The van der Waals surface area contributed by atoms with Crippen LogP contribution in [0.4, 0.5) is 5.82 Å². The van der Waals surface area contributed by atoms with Crippen LogP contribution in [0.25, 0.3) is 0 Å². The summed E-state index contributed by atoms with van der Waals surface area (Å²) in [6, 6.07) is 8.56. The van der Waals surface area contributed by atoms with Gasteiger partial charge in [0, 0.05) is 18.8 Å². The lowest BCUT2D eigenvalue weighted by atomic mass is 9.99. The molecule has 2 amide bonds. The zero-order chi connectivity index (χ0) is 21.2. The van der Waals surface area contributed by atoms with E-state index in [0.717, 1.165) is 5.56 Å². The van der Waals surface area contributed by atoms with Crippen molar-refractivity contribution in [3.63, 3.8) is 0 Å². The highest BCUT2D eigenvalue weighted by molar-refractivity contribution is 6.16. The molecular weight excluding hydrogens is 374 g/mol. The minimum atomic E-state index is -1.70. The molecule has 3 rings (SSSR count). The Morgan fingerprint density at radius 3 is 2.62 bits per heavy atom. The van der Waals surface area contributed by atoms with Crippen LogP contribution < -0.4 is 24.4 Å². The lowest BCUT2D eigenvalue weighted by molar-refractivity contribution is -0.148. The predicted molar refractivity (Wildman–Crippen MR) is 107 cm³/mol. The van der Waals surface area contributed by atoms with Crippen molar-refractivity contribution in [1.29, 1.82) is 0 Å². The number of carbonyl (C=O) groups is 2. The molecule has 1 aromatic heterocycles. The number of carbonyl (C=O) groups excluding carboxylic acids is 2. The van der Waals surface area contributed by atoms with Gasteiger partial charge < -0.3 is 19.5 Å². The summed E-state index contributed by atoms with van der Waals surface area (Å²) < 4.78 is 16.3. The van der Waals surface area contributed by atoms with Crippen LogP contribution in [0.15, 0.2) is 36.5 Å². The van der Waals surface area contributed by atoms with E-state index in [1.807, 2.05) is 19.9 Å². The molecule has 8 heteroatoms. The molecule has 0 saturated carbocycles. The van der Waals surface area contributed by atoms with Crippen molar-refractivity contribution < 1.29 is 23.8 Å². The number of hydrogen-bond acceptors (Lipinski definition) is 6. The van der Waals surface area contributed by atoms with E-state index >= 15 is 0 Å². The van der Waals surface area contributed by atoms with Crippen molar-refractivity contribution in [3.8, 4) is 17.2 Å². The number of amides is 2. The van der Waals surface area contributed by atoms with Gasteiger partial charge in [0.05, 0.1) is 14.2 Å². The van der Waals surface area contributed by atoms with Crippen molar-refractivity contribution >= 4 is 17.6 Å². The summed E-state index contributed by atoms with van der Waals surface area (Å²) in [5, 5.41) is 2.79. The Bertz CT molecular complexity index is 930. The Morgan fingerprint density at radius 1 is 1.24 bits per heavy atom. The molecule has 1 N–H and O–H groups in total. The van der Waals surface area contributed by atoms with Gasteiger partial charge in [0.25, 0.3) is 17.4 Å². The van der Waals surface area contributed by atoms with E-state index in [2.05, 4.69) is 10.3 Å². The summed E-state index contributed by atoms with van der Waals surface area (Å²) in [5.41, 5.74) is -0.901. The molecule has 2 aromatic rings. The largest absolute Gasteiger partial charge is 0.493 e. The minimum absolute atomic E-state index is 0.182. The number of nitrogens with one attached hydrogen (secondary N) is 1. The van der Waals surface area contributed by atoms with Gasteiger partial charge in [0.15, 0.2) is 23.1 Å². The lowest BCUT2D eigenvalue weighted by Crippen LogP contribution is -2.63. The first-order valence-corrected chi connectivity index (χ1v) is 9.28. The van der Waals surface area contributed by atoms with Gasteiger partial charge in [-0.25, -0.2) is 4.98 Å². The zero-order valence-electron chi connectivity index (χ0n) is 17.2. The van der Waals surface area contributed by atoms with Crippen molar-refractivity contribution in [3.05, 3.63) is 42.1 Å². The Morgan fingerprint density at radius 2 is 1.97 bits per heavy atom. The highest BCUT2D eigenvalue weighted by Gasteiger charge is 2.51. The molecule has 1 atom stereocenters. The number of benzene rings is 1. The number of anilines is 1. The normalized spacial score (nSPS) is 18.1. The molecule has 0 spiro atoms. The molecule has 0 radical (unpaired) electrons. The van der Waals surface area contributed by atoms with Crippen LogP contribution in [0, 0.1) is 0 Å². The van der Waals surface area contributed by atoms with E-state index in [1.165, 1.54) is 11.8 Å². The average Bonchev–Trinajstić information content (AvgIpc) is 2.72. The average molecular weight is 399 g/mol. The topological polar surface area (TPSA) is 90.0 Å².